The van der Waals surface area contributed by atoms with E-state index in [0.29, 0.717) is 6.54 Å². The van der Waals surface area contributed by atoms with Crippen molar-refractivity contribution in [2.45, 2.75) is 6.10 Å². The Morgan fingerprint density at radius 1 is 1.26 bits per heavy atom. The summed E-state index contributed by atoms with van der Waals surface area (Å²) >= 11 is 0. The molecule has 1 unspecified atom stereocenters. The molecule has 19 heavy (non-hydrogen) atoms. The molecule has 0 aliphatic rings. The highest BCUT2D eigenvalue weighted by molar-refractivity contribution is 5.77. The van der Waals surface area contributed by atoms with Gasteiger partial charge in [-0.25, -0.2) is 0 Å². The number of hydrogen-bond donors (Lipinski definition) is 1. The van der Waals surface area contributed by atoms with Crippen LogP contribution in [0.5, 0.6) is 5.75 Å². The first-order chi connectivity index (χ1) is 8.99. The molecule has 0 bridgehead atoms. The van der Waals surface area contributed by atoms with Crippen molar-refractivity contribution in [2.75, 3.05) is 40.8 Å². The van der Waals surface area contributed by atoms with E-state index in [9.17, 15) is 9.90 Å². The molecule has 0 radical (unpaired) electrons. The van der Waals surface area contributed by atoms with Crippen LogP contribution in [0.1, 0.15) is 0 Å². The Morgan fingerprint density at radius 2 is 1.89 bits per heavy atom. The Balaban J connectivity index is 2.27. The molecule has 1 N–H and O–H groups in total. The van der Waals surface area contributed by atoms with Crippen molar-refractivity contribution >= 4 is 5.91 Å². The lowest BCUT2D eigenvalue weighted by molar-refractivity contribution is -0.129. The van der Waals surface area contributed by atoms with Gasteiger partial charge in [0.05, 0.1) is 6.54 Å². The third kappa shape index (κ3) is 6.22. The van der Waals surface area contributed by atoms with Crippen LogP contribution < -0.4 is 4.74 Å². The van der Waals surface area contributed by atoms with E-state index in [4.69, 9.17) is 4.74 Å². The number of hydrogen-bond acceptors (Lipinski definition) is 4. The fourth-order valence-electron chi connectivity index (χ4n) is 1.56. The lowest BCUT2D eigenvalue weighted by Crippen LogP contribution is -2.39. The number of benzene rings is 1. The van der Waals surface area contributed by atoms with Gasteiger partial charge in [0.25, 0.3) is 0 Å². The van der Waals surface area contributed by atoms with E-state index in [2.05, 4.69) is 0 Å². The smallest absolute Gasteiger partial charge is 0.236 e. The van der Waals surface area contributed by atoms with Gasteiger partial charge in [-0.1, -0.05) is 18.2 Å². The summed E-state index contributed by atoms with van der Waals surface area (Å²) in [5.41, 5.74) is 0. The fraction of sp³-hybridized carbons (Fsp3) is 0.500. The number of amides is 1. The maximum atomic E-state index is 11.5. The predicted octanol–water partition coefficient (Wildman–Crippen LogP) is 0.446. The average Bonchev–Trinajstić information content (AvgIpc) is 2.37. The normalized spacial score (nSPS) is 12.3. The summed E-state index contributed by atoms with van der Waals surface area (Å²) in [5.74, 6) is 0.743. The molecule has 0 heterocycles. The van der Waals surface area contributed by atoms with Crippen LogP contribution in [0.2, 0.25) is 0 Å². The van der Waals surface area contributed by atoms with E-state index >= 15 is 0 Å². The average molecular weight is 266 g/mol. The van der Waals surface area contributed by atoms with Gasteiger partial charge >= 0.3 is 0 Å². The van der Waals surface area contributed by atoms with E-state index < -0.39 is 6.10 Å². The molecular weight excluding hydrogens is 244 g/mol. The third-order valence-corrected chi connectivity index (χ3v) is 2.61. The molecule has 0 aliphatic carbocycles. The first-order valence-corrected chi connectivity index (χ1v) is 6.23. The van der Waals surface area contributed by atoms with Gasteiger partial charge < -0.3 is 14.7 Å². The van der Waals surface area contributed by atoms with Gasteiger partial charge in [0.2, 0.25) is 5.91 Å². The summed E-state index contributed by atoms with van der Waals surface area (Å²) in [6.45, 7) is 0.895. The van der Waals surface area contributed by atoms with Crippen molar-refractivity contribution in [3.63, 3.8) is 0 Å². The van der Waals surface area contributed by atoms with Gasteiger partial charge in [-0.3, -0.25) is 9.69 Å². The second kappa shape index (κ2) is 7.76. The number of nitrogens with zero attached hydrogens (tertiary/aromatic N) is 2. The highest BCUT2D eigenvalue weighted by Gasteiger charge is 2.13. The topological polar surface area (TPSA) is 53.0 Å². The number of aliphatic hydroxyl groups is 1. The molecule has 1 aromatic rings. The second-order valence-corrected chi connectivity index (χ2v) is 4.76. The first kappa shape index (κ1) is 15.5. The van der Waals surface area contributed by atoms with Gasteiger partial charge in [-0.2, -0.15) is 0 Å². The Morgan fingerprint density at radius 3 is 2.47 bits per heavy atom. The van der Waals surface area contributed by atoms with Gasteiger partial charge in [-0.15, -0.1) is 0 Å². The molecule has 5 nitrogen and oxygen atoms in total. The number of para-hydroxylation sites is 1. The molecular formula is C14H22N2O3. The van der Waals surface area contributed by atoms with Crippen LogP contribution in [0, 0.1) is 0 Å². The molecule has 0 spiro atoms. The highest BCUT2D eigenvalue weighted by atomic mass is 16.5. The quantitative estimate of drug-likeness (QED) is 0.778. The van der Waals surface area contributed by atoms with Crippen molar-refractivity contribution in [2.24, 2.45) is 0 Å². The van der Waals surface area contributed by atoms with Crippen LogP contribution in [0.15, 0.2) is 30.3 Å². The largest absolute Gasteiger partial charge is 0.491 e. The zero-order valence-electron chi connectivity index (χ0n) is 11.7. The zero-order chi connectivity index (χ0) is 14.3. The molecule has 5 heteroatoms. The number of rotatable bonds is 7. The molecule has 0 fully saturated rings. The fourth-order valence-corrected chi connectivity index (χ4v) is 1.56. The summed E-state index contributed by atoms with van der Waals surface area (Å²) in [4.78, 5) is 14.8. The SMILES string of the molecule is CN(CC(=O)N(C)C)CC(O)COc1ccccc1. The van der Waals surface area contributed by atoms with Crippen molar-refractivity contribution in [1.82, 2.24) is 9.80 Å². The molecule has 1 aromatic carbocycles. The third-order valence-electron chi connectivity index (χ3n) is 2.61. The maximum Gasteiger partial charge on any atom is 0.236 e. The number of carbonyl (C=O) groups is 1. The maximum absolute atomic E-state index is 11.5. The van der Waals surface area contributed by atoms with Crippen molar-refractivity contribution in [3.8, 4) is 5.75 Å². The van der Waals surface area contributed by atoms with E-state index in [0.717, 1.165) is 5.75 Å². The van der Waals surface area contributed by atoms with Crippen LogP contribution in [0.4, 0.5) is 0 Å². The minimum absolute atomic E-state index is 0.0127. The lowest BCUT2D eigenvalue weighted by Gasteiger charge is -2.21. The molecule has 0 saturated carbocycles. The summed E-state index contributed by atoms with van der Waals surface area (Å²) in [5, 5.41) is 9.84. The molecule has 1 rings (SSSR count). The van der Waals surface area contributed by atoms with Crippen LogP contribution in [0.25, 0.3) is 0 Å². The predicted molar refractivity (Wildman–Crippen MR) is 74.1 cm³/mol. The molecule has 1 atom stereocenters. The van der Waals surface area contributed by atoms with E-state index in [1.54, 1.807) is 26.0 Å². The Labute approximate surface area is 114 Å². The minimum Gasteiger partial charge on any atom is -0.491 e. The number of aliphatic hydroxyl groups excluding tert-OH is 1. The number of ether oxygens (including phenoxy) is 1. The van der Waals surface area contributed by atoms with Crippen LogP contribution in [-0.2, 0) is 4.79 Å². The van der Waals surface area contributed by atoms with Gasteiger partial charge in [0.1, 0.15) is 18.5 Å². The zero-order valence-corrected chi connectivity index (χ0v) is 11.7. The van der Waals surface area contributed by atoms with Gasteiger partial charge in [0, 0.05) is 20.6 Å². The van der Waals surface area contributed by atoms with Crippen molar-refractivity contribution < 1.29 is 14.6 Å². The Kier molecular flexibility index (Phi) is 6.32. The summed E-state index contributed by atoms with van der Waals surface area (Å²) < 4.78 is 5.45. The monoisotopic (exact) mass is 266 g/mol. The van der Waals surface area contributed by atoms with Crippen LogP contribution in [0.3, 0.4) is 0 Å². The summed E-state index contributed by atoms with van der Waals surface area (Å²) in [6.07, 6.45) is -0.625. The van der Waals surface area contributed by atoms with Crippen molar-refractivity contribution in [3.05, 3.63) is 30.3 Å². The standard InChI is InChI=1S/C14H22N2O3/c1-15(2)14(18)10-16(3)9-12(17)11-19-13-7-5-4-6-8-13/h4-8,12,17H,9-11H2,1-3H3. The van der Waals surface area contributed by atoms with E-state index in [1.165, 1.54) is 4.90 Å². The summed E-state index contributed by atoms with van der Waals surface area (Å²) in [7, 11) is 5.23. The minimum atomic E-state index is -0.625. The molecule has 0 aromatic heterocycles. The van der Waals surface area contributed by atoms with E-state index in [-0.39, 0.29) is 19.1 Å². The first-order valence-electron chi connectivity index (χ1n) is 6.23. The van der Waals surface area contributed by atoms with Crippen LogP contribution in [-0.4, -0.2) is 67.8 Å². The highest BCUT2D eigenvalue weighted by Crippen LogP contribution is 2.08. The van der Waals surface area contributed by atoms with Gasteiger partial charge in [-0.05, 0) is 19.2 Å². The molecule has 106 valence electrons. The molecule has 1 amide bonds. The molecule has 0 aliphatic heterocycles. The van der Waals surface area contributed by atoms with E-state index in [1.807, 2.05) is 30.3 Å². The molecule has 0 saturated heterocycles. The second-order valence-electron chi connectivity index (χ2n) is 4.76. The Bertz CT molecular complexity index is 382. The Hall–Kier alpha value is -1.59. The number of carbonyl (C=O) groups excluding carboxylic acids is 1. The van der Waals surface area contributed by atoms with Crippen LogP contribution >= 0.6 is 0 Å². The van der Waals surface area contributed by atoms with Crippen molar-refractivity contribution in [1.29, 1.82) is 0 Å². The van der Waals surface area contributed by atoms with Gasteiger partial charge in [0.15, 0.2) is 0 Å². The number of likely N-dealkylation sites (N-methyl/N-ethyl adjacent to an activating group) is 2. The lowest BCUT2D eigenvalue weighted by atomic mass is 10.3. The summed E-state index contributed by atoms with van der Waals surface area (Å²) in [6, 6.07) is 9.34.